The van der Waals surface area contributed by atoms with E-state index in [9.17, 15) is 0 Å². The zero-order valence-corrected chi connectivity index (χ0v) is 13.6. The Morgan fingerprint density at radius 3 is 2.95 bits per heavy atom. The highest BCUT2D eigenvalue weighted by molar-refractivity contribution is 9.10. The molecule has 1 saturated carbocycles. The molecule has 1 aliphatic rings. The summed E-state index contributed by atoms with van der Waals surface area (Å²) in [5.41, 5.74) is -0.151. The van der Waals surface area contributed by atoms with Gasteiger partial charge in [-0.15, -0.1) is 0 Å². The third-order valence-corrected chi connectivity index (χ3v) is 4.80. The maximum absolute atomic E-state index is 6.23. The van der Waals surface area contributed by atoms with Gasteiger partial charge in [-0.2, -0.15) is 0 Å². The van der Waals surface area contributed by atoms with Crippen LogP contribution in [0.1, 0.15) is 51.3 Å². The lowest BCUT2D eigenvalue weighted by Gasteiger charge is -2.44. The van der Waals surface area contributed by atoms with Crippen molar-refractivity contribution in [2.45, 2.75) is 51.2 Å². The number of hydrogen-bond donors (Lipinski definition) is 1. The predicted octanol–water partition coefficient (Wildman–Crippen LogP) is 4.29. The molecule has 3 atom stereocenters. The first-order valence-corrected chi connectivity index (χ1v) is 7.96. The molecule has 1 aromatic rings. The second-order valence-corrected chi connectivity index (χ2v) is 6.41. The molecule has 1 aliphatic carbocycles. The van der Waals surface area contributed by atoms with E-state index in [-0.39, 0.29) is 11.6 Å². The van der Waals surface area contributed by atoms with Gasteiger partial charge in [0.2, 0.25) is 0 Å². The Morgan fingerprint density at radius 1 is 1.63 bits per heavy atom. The summed E-state index contributed by atoms with van der Waals surface area (Å²) in [6.45, 7) is 5.13. The maximum Gasteiger partial charge on any atom is 0.137 e. The van der Waals surface area contributed by atoms with Gasteiger partial charge in [0.25, 0.3) is 0 Å². The molecule has 0 radical (unpaired) electrons. The highest BCUT2D eigenvalue weighted by Crippen LogP contribution is 2.45. The molecule has 0 bridgehead atoms. The predicted molar refractivity (Wildman–Crippen MR) is 80.2 cm³/mol. The van der Waals surface area contributed by atoms with Crippen molar-refractivity contribution < 1.29 is 9.15 Å². The van der Waals surface area contributed by atoms with Crippen molar-refractivity contribution in [1.29, 1.82) is 0 Å². The number of ether oxygens (including phenoxy) is 1. The van der Waals surface area contributed by atoms with Gasteiger partial charge in [0.05, 0.1) is 22.4 Å². The summed E-state index contributed by atoms with van der Waals surface area (Å²) in [5, 5.41) is 3.41. The second-order valence-electron chi connectivity index (χ2n) is 5.55. The summed E-state index contributed by atoms with van der Waals surface area (Å²) >= 11 is 3.58. The molecule has 0 aromatic carbocycles. The molecular weight excluding hydrogens is 306 g/mol. The van der Waals surface area contributed by atoms with Crippen LogP contribution in [0, 0.1) is 5.92 Å². The molecule has 2 rings (SSSR count). The van der Waals surface area contributed by atoms with Crippen molar-refractivity contribution in [1.82, 2.24) is 5.32 Å². The summed E-state index contributed by atoms with van der Waals surface area (Å²) < 4.78 is 12.9. The number of furan rings is 1. The Morgan fingerprint density at radius 2 is 2.42 bits per heavy atom. The van der Waals surface area contributed by atoms with Gasteiger partial charge in [-0.1, -0.05) is 19.8 Å². The SMILES string of the molecule is CCOC1(C(NC)c2occc2Br)CCCC(C)C1. The highest BCUT2D eigenvalue weighted by atomic mass is 79.9. The van der Waals surface area contributed by atoms with E-state index in [0.29, 0.717) is 5.92 Å². The van der Waals surface area contributed by atoms with E-state index in [0.717, 1.165) is 29.7 Å². The molecule has 1 heterocycles. The molecule has 1 fully saturated rings. The molecule has 3 unspecified atom stereocenters. The molecule has 3 nitrogen and oxygen atoms in total. The van der Waals surface area contributed by atoms with E-state index in [1.54, 1.807) is 6.26 Å². The lowest BCUT2D eigenvalue weighted by Crippen LogP contribution is -2.48. The first-order chi connectivity index (χ1) is 9.13. The fraction of sp³-hybridized carbons (Fsp3) is 0.733. The van der Waals surface area contributed by atoms with Gasteiger partial charge in [-0.25, -0.2) is 0 Å². The quantitative estimate of drug-likeness (QED) is 0.875. The molecule has 4 heteroatoms. The van der Waals surface area contributed by atoms with Crippen molar-refractivity contribution in [2.24, 2.45) is 5.92 Å². The van der Waals surface area contributed by atoms with E-state index < -0.39 is 0 Å². The van der Waals surface area contributed by atoms with Crippen molar-refractivity contribution >= 4 is 15.9 Å². The van der Waals surface area contributed by atoms with Crippen molar-refractivity contribution in [3.8, 4) is 0 Å². The van der Waals surface area contributed by atoms with E-state index in [1.807, 2.05) is 13.1 Å². The van der Waals surface area contributed by atoms with E-state index >= 15 is 0 Å². The second kappa shape index (κ2) is 6.42. The van der Waals surface area contributed by atoms with Crippen molar-refractivity contribution in [3.63, 3.8) is 0 Å². The van der Waals surface area contributed by atoms with Crippen LogP contribution in [0.25, 0.3) is 0 Å². The molecule has 108 valence electrons. The average Bonchev–Trinajstić information content (AvgIpc) is 2.77. The maximum atomic E-state index is 6.23. The van der Waals surface area contributed by atoms with Gasteiger partial charge < -0.3 is 14.5 Å². The minimum atomic E-state index is -0.151. The van der Waals surface area contributed by atoms with Gasteiger partial charge in [-0.05, 0) is 54.7 Å². The van der Waals surface area contributed by atoms with Crippen LogP contribution in [0.4, 0.5) is 0 Å². The average molecular weight is 330 g/mol. The summed E-state index contributed by atoms with van der Waals surface area (Å²) in [6.07, 6.45) is 6.42. The van der Waals surface area contributed by atoms with E-state index in [1.165, 1.54) is 12.8 Å². The lowest BCUT2D eigenvalue weighted by atomic mass is 9.74. The van der Waals surface area contributed by atoms with Crippen LogP contribution in [-0.4, -0.2) is 19.3 Å². The van der Waals surface area contributed by atoms with Gasteiger partial charge in [0.1, 0.15) is 5.76 Å². The Kier molecular flexibility index (Phi) is 5.09. The van der Waals surface area contributed by atoms with Gasteiger partial charge in [0.15, 0.2) is 0 Å². The van der Waals surface area contributed by atoms with Crippen LogP contribution in [-0.2, 0) is 4.74 Å². The Labute approximate surface area is 124 Å². The summed E-state index contributed by atoms with van der Waals surface area (Å²) in [5.74, 6) is 1.65. The third-order valence-electron chi connectivity index (χ3n) is 4.14. The van der Waals surface area contributed by atoms with Crippen LogP contribution in [0.2, 0.25) is 0 Å². The summed E-state index contributed by atoms with van der Waals surface area (Å²) in [6, 6.07) is 2.05. The van der Waals surface area contributed by atoms with Crippen molar-refractivity contribution in [3.05, 3.63) is 22.6 Å². The smallest absolute Gasteiger partial charge is 0.137 e. The first kappa shape index (κ1) is 15.1. The lowest BCUT2D eigenvalue weighted by molar-refractivity contribution is -0.104. The molecule has 1 aromatic heterocycles. The van der Waals surface area contributed by atoms with Gasteiger partial charge >= 0.3 is 0 Å². The molecule has 0 amide bonds. The number of hydrogen-bond acceptors (Lipinski definition) is 3. The zero-order valence-electron chi connectivity index (χ0n) is 12.0. The number of halogens is 1. The minimum Gasteiger partial charge on any atom is -0.466 e. The Hall–Kier alpha value is -0.320. The molecule has 19 heavy (non-hydrogen) atoms. The summed E-state index contributed by atoms with van der Waals surface area (Å²) in [7, 11) is 1.99. The van der Waals surface area contributed by atoms with Crippen LogP contribution in [0.5, 0.6) is 0 Å². The molecular formula is C15H24BrNO2. The normalized spacial score (nSPS) is 29.4. The van der Waals surface area contributed by atoms with Crippen LogP contribution < -0.4 is 5.32 Å². The Balaban J connectivity index is 2.32. The number of rotatable bonds is 5. The number of nitrogens with one attached hydrogen (secondary N) is 1. The number of likely N-dealkylation sites (N-methyl/N-ethyl adjacent to an activating group) is 1. The van der Waals surface area contributed by atoms with Crippen molar-refractivity contribution in [2.75, 3.05) is 13.7 Å². The topological polar surface area (TPSA) is 34.4 Å². The molecule has 1 N–H and O–H groups in total. The fourth-order valence-electron chi connectivity index (χ4n) is 3.45. The molecule has 0 aliphatic heterocycles. The Bertz CT molecular complexity index is 403. The van der Waals surface area contributed by atoms with Crippen LogP contribution in [0.3, 0.4) is 0 Å². The van der Waals surface area contributed by atoms with Crippen LogP contribution in [0.15, 0.2) is 21.2 Å². The standard InChI is InChI=1S/C15H24BrNO2/c1-4-19-15(8-5-6-11(2)10-15)14(17-3)13-12(16)7-9-18-13/h7,9,11,14,17H,4-6,8,10H2,1-3H3. The fourth-order valence-corrected chi connectivity index (χ4v) is 3.88. The summed E-state index contributed by atoms with van der Waals surface area (Å²) in [4.78, 5) is 0. The monoisotopic (exact) mass is 329 g/mol. The minimum absolute atomic E-state index is 0.0968. The largest absolute Gasteiger partial charge is 0.466 e. The third kappa shape index (κ3) is 3.06. The zero-order chi connectivity index (χ0) is 13.9. The first-order valence-electron chi connectivity index (χ1n) is 7.17. The molecule has 0 saturated heterocycles. The van der Waals surface area contributed by atoms with Crippen LogP contribution >= 0.6 is 15.9 Å². The highest BCUT2D eigenvalue weighted by Gasteiger charge is 2.44. The van der Waals surface area contributed by atoms with Gasteiger partial charge in [-0.3, -0.25) is 0 Å². The van der Waals surface area contributed by atoms with Gasteiger partial charge in [0, 0.05) is 6.61 Å². The van der Waals surface area contributed by atoms with E-state index in [4.69, 9.17) is 9.15 Å². The molecule has 0 spiro atoms. The van der Waals surface area contributed by atoms with E-state index in [2.05, 4.69) is 35.1 Å².